The molecule has 3 N–H and O–H groups in total. The van der Waals surface area contributed by atoms with Crippen molar-refractivity contribution in [3.05, 3.63) is 36.5 Å². The van der Waals surface area contributed by atoms with Gasteiger partial charge in [-0.05, 0) is 44.4 Å². The van der Waals surface area contributed by atoms with E-state index in [1.54, 1.807) is 6.08 Å². The van der Waals surface area contributed by atoms with Crippen LogP contribution >= 0.6 is 7.82 Å². The van der Waals surface area contributed by atoms with E-state index >= 15 is 0 Å². The van der Waals surface area contributed by atoms with Gasteiger partial charge in [0.25, 0.3) is 0 Å². The molecule has 0 saturated heterocycles. The highest BCUT2D eigenvalue weighted by atomic mass is 31.2. The van der Waals surface area contributed by atoms with Gasteiger partial charge in [-0.3, -0.25) is 14.1 Å². The average molecular weight is 701 g/mol. The van der Waals surface area contributed by atoms with Crippen LogP contribution in [0.1, 0.15) is 162 Å². The lowest BCUT2D eigenvalue weighted by molar-refractivity contribution is -0.161. The number of hydrogen-bond donors (Lipinski definition) is 3. The Balaban J connectivity index is 4.04. The van der Waals surface area contributed by atoms with Crippen LogP contribution in [0.2, 0.25) is 0 Å². The fourth-order valence-corrected chi connectivity index (χ4v) is 5.48. The summed E-state index contributed by atoms with van der Waals surface area (Å²) in [5.74, 6) is -0.137. The Bertz CT molecular complexity index is 910. The Morgan fingerprint density at radius 1 is 0.688 bits per heavy atom. The van der Waals surface area contributed by atoms with E-state index in [0.29, 0.717) is 19.3 Å². The fourth-order valence-electron chi connectivity index (χ4n) is 5.12. The van der Waals surface area contributed by atoms with E-state index in [2.05, 4.69) is 31.4 Å². The van der Waals surface area contributed by atoms with Gasteiger partial charge < -0.3 is 24.4 Å². The van der Waals surface area contributed by atoms with Crippen LogP contribution in [0.15, 0.2) is 36.5 Å². The number of phosphoric ester groups is 1. The minimum absolute atomic E-state index is 0.198. The predicted molar refractivity (Wildman–Crippen MR) is 194 cm³/mol. The molecule has 0 bridgehead atoms. The highest BCUT2D eigenvalue weighted by Crippen LogP contribution is 2.36. The molecular formula is C38H69O9P. The lowest BCUT2D eigenvalue weighted by atomic mass is 10.0. The van der Waals surface area contributed by atoms with Crippen molar-refractivity contribution in [2.45, 2.75) is 174 Å². The fraction of sp³-hybridized carbons (Fsp3) is 0.789. The number of phosphoric acid groups is 1. The number of esters is 2. The number of unbranched alkanes of at least 4 members (excludes halogenated alkanes) is 15. The third-order valence-corrected chi connectivity index (χ3v) is 8.42. The molecule has 10 heteroatoms. The van der Waals surface area contributed by atoms with E-state index in [-0.39, 0.29) is 19.4 Å². The van der Waals surface area contributed by atoms with Crippen molar-refractivity contribution in [3.8, 4) is 0 Å². The van der Waals surface area contributed by atoms with Gasteiger partial charge in [-0.15, -0.1) is 0 Å². The van der Waals surface area contributed by atoms with E-state index < -0.39 is 38.6 Å². The first-order valence-corrected chi connectivity index (χ1v) is 20.3. The number of hydrogen-bond acceptors (Lipinski definition) is 7. The molecule has 0 aromatic carbocycles. The Labute approximate surface area is 292 Å². The summed E-state index contributed by atoms with van der Waals surface area (Å²) in [6.45, 7) is 5.76. The third kappa shape index (κ3) is 35.5. The molecule has 0 saturated carbocycles. The molecule has 0 amide bonds. The van der Waals surface area contributed by atoms with Gasteiger partial charge in [0.05, 0.1) is 12.7 Å². The summed E-state index contributed by atoms with van der Waals surface area (Å²) in [6, 6.07) is 0. The summed E-state index contributed by atoms with van der Waals surface area (Å²) >= 11 is 0. The quantitative estimate of drug-likeness (QED) is 0.0201. The molecule has 9 nitrogen and oxygen atoms in total. The zero-order chi connectivity index (χ0) is 35.7. The number of aliphatic hydroxyl groups excluding tert-OH is 1. The van der Waals surface area contributed by atoms with Crippen LogP contribution in [-0.2, 0) is 28.2 Å². The normalized spacial score (nSPS) is 13.6. The van der Waals surface area contributed by atoms with E-state index in [0.717, 1.165) is 63.7 Å². The largest absolute Gasteiger partial charge is 0.469 e. The first kappa shape index (κ1) is 46.2. The lowest BCUT2D eigenvalue weighted by Gasteiger charge is -2.18. The van der Waals surface area contributed by atoms with Crippen molar-refractivity contribution >= 4 is 19.8 Å². The van der Waals surface area contributed by atoms with Gasteiger partial charge in [0.1, 0.15) is 6.61 Å². The molecule has 1 unspecified atom stereocenters. The van der Waals surface area contributed by atoms with Crippen LogP contribution in [0.25, 0.3) is 0 Å². The van der Waals surface area contributed by atoms with Crippen LogP contribution in [0.3, 0.4) is 0 Å². The molecule has 0 spiro atoms. The minimum atomic E-state index is -4.76. The Morgan fingerprint density at radius 2 is 1.23 bits per heavy atom. The minimum Gasteiger partial charge on any atom is -0.462 e. The molecule has 0 aliphatic carbocycles. The van der Waals surface area contributed by atoms with Crippen LogP contribution < -0.4 is 0 Å². The van der Waals surface area contributed by atoms with E-state index in [1.807, 2.05) is 24.3 Å². The van der Waals surface area contributed by atoms with Crippen molar-refractivity contribution in [1.29, 1.82) is 0 Å². The van der Waals surface area contributed by atoms with Gasteiger partial charge in [-0.25, -0.2) is 4.57 Å². The zero-order valence-electron chi connectivity index (χ0n) is 30.4. The maximum Gasteiger partial charge on any atom is 0.469 e. The second-order valence-electron chi connectivity index (χ2n) is 13.2. The number of rotatable bonds is 33. The number of aliphatic hydroxyl groups is 1. The maximum absolute atomic E-state index is 12.4. The molecule has 0 rings (SSSR count). The standard InChI is InChI=1S/C38H69O9P/c1-4-5-22-28-35(39)29-24-19-15-11-9-13-16-20-25-30-37(40)45-32-36(33-46-48(42,43)44)47-38(41)31-26-21-17-12-8-6-7-10-14-18-23-27-34(2)3/h5,15,19,22,24,29,34-36,39H,4,6-14,16-18,20-21,23,25-28,30-33H2,1-3H3,(H2,42,43,44)/b19-15+,22-5+,29-24+/t35?,36-/m1/s1. The predicted octanol–water partition coefficient (Wildman–Crippen LogP) is 9.84. The number of carbonyl (C=O) groups excluding carboxylic acids is 2. The monoisotopic (exact) mass is 700 g/mol. The second kappa shape index (κ2) is 32.4. The molecule has 0 radical (unpaired) electrons. The summed E-state index contributed by atoms with van der Waals surface area (Å²) in [5.41, 5.74) is 0. The summed E-state index contributed by atoms with van der Waals surface area (Å²) in [6.07, 6.45) is 32.0. The Morgan fingerprint density at radius 3 is 1.79 bits per heavy atom. The lowest BCUT2D eigenvalue weighted by Crippen LogP contribution is -2.29. The van der Waals surface area contributed by atoms with Gasteiger partial charge in [-0.1, -0.05) is 147 Å². The van der Waals surface area contributed by atoms with Gasteiger partial charge >= 0.3 is 19.8 Å². The highest BCUT2D eigenvalue weighted by Gasteiger charge is 2.22. The molecule has 48 heavy (non-hydrogen) atoms. The van der Waals surface area contributed by atoms with E-state index in [1.165, 1.54) is 51.4 Å². The summed E-state index contributed by atoms with van der Waals surface area (Å²) < 4.78 is 26.3. The van der Waals surface area contributed by atoms with E-state index in [9.17, 15) is 19.3 Å². The van der Waals surface area contributed by atoms with Crippen molar-refractivity contribution in [2.24, 2.45) is 5.92 Å². The number of carbonyl (C=O) groups is 2. The first-order chi connectivity index (χ1) is 23.0. The molecule has 0 aliphatic rings. The number of ether oxygens (including phenoxy) is 2. The van der Waals surface area contributed by atoms with E-state index in [4.69, 9.17) is 19.3 Å². The molecule has 0 aromatic rings. The Hall–Kier alpha value is -1.77. The molecule has 0 aliphatic heterocycles. The van der Waals surface area contributed by atoms with Gasteiger partial charge in [0.2, 0.25) is 0 Å². The molecule has 2 atom stereocenters. The van der Waals surface area contributed by atoms with Crippen molar-refractivity contribution in [3.63, 3.8) is 0 Å². The van der Waals surface area contributed by atoms with Crippen molar-refractivity contribution in [2.75, 3.05) is 13.2 Å². The molecule has 280 valence electrons. The van der Waals surface area contributed by atoms with Crippen LogP contribution in [0, 0.1) is 5.92 Å². The highest BCUT2D eigenvalue weighted by molar-refractivity contribution is 7.46. The molecule has 0 aromatic heterocycles. The van der Waals surface area contributed by atoms with Crippen LogP contribution in [0.4, 0.5) is 0 Å². The Kier molecular flexibility index (Phi) is 31.2. The van der Waals surface area contributed by atoms with Crippen LogP contribution in [0.5, 0.6) is 0 Å². The molecule has 0 fully saturated rings. The number of allylic oxidation sites excluding steroid dienone is 4. The average Bonchev–Trinajstić information content (AvgIpc) is 3.02. The van der Waals surface area contributed by atoms with Gasteiger partial charge in [-0.2, -0.15) is 0 Å². The summed E-state index contributed by atoms with van der Waals surface area (Å²) in [5, 5.41) is 9.82. The second-order valence-corrected chi connectivity index (χ2v) is 14.4. The topological polar surface area (TPSA) is 140 Å². The summed E-state index contributed by atoms with van der Waals surface area (Å²) in [4.78, 5) is 42.7. The smallest absolute Gasteiger partial charge is 0.462 e. The van der Waals surface area contributed by atoms with Crippen molar-refractivity contribution < 1.29 is 43.0 Å². The molecular weight excluding hydrogens is 631 g/mol. The van der Waals surface area contributed by atoms with Gasteiger partial charge in [0, 0.05) is 12.8 Å². The summed E-state index contributed by atoms with van der Waals surface area (Å²) in [7, 11) is -4.76. The zero-order valence-corrected chi connectivity index (χ0v) is 31.3. The van der Waals surface area contributed by atoms with Crippen molar-refractivity contribution in [1.82, 2.24) is 0 Å². The van der Waals surface area contributed by atoms with Gasteiger partial charge in [0.15, 0.2) is 6.10 Å². The first-order valence-electron chi connectivity index (χ1n) is 18.7. The SMILES string of the molecule is CC/C=C/CC(O)/C=C/C=C/CCCCCCCC(=O)OC[C@H](COP(=O)(O)O)OC(=O)CCCCCCCCCCCCCC(C)C. The third-order valence-electron chi connectivity index (χ3n) is 7.93. The maximum atomic E-state index is 12.4. The molecule has 0 heterocycles. The van der Waals surface area contributed by atoms with Crippen LogP contribution in [-0.4, -0.2) is 52.3 Å².